The first-order valence-corrected chi connectivity index (χ1v) is 5.38. The number of alkyl halides is 4. The number of carbonyl (C=O) groups excluding carboxylic acids is 1. The van der Waals surface area contributed by atoms with Gasteiger partial charge >= 0.3 is 12.1 Å². The molecule has 0 aromatic heterocycles. The Labute approximate surface area is 110 Å². The molecule has 0 radical (unpaired) electrons. The number of hydrogen-bond donors (Lipinski definition) is 1. The van der Waals surface area contributed by atoms with Crippen LogP contribution in [0.4, 0.5) is 27.6 Å². The molecule has 0 bridgehead atoms. The summed E-state index contributed by atoms with van der Waals surface area (Å²) >= 11 is 2.70. The lowest BCUT2D eigenvalue weighted by Gasteiger charge is -2.12. The van der Waals surface area contributed by atoms with Crippen LogP contribution in [0.25, 0.3) is 0 Å². The molecule has 0 fully saturated rings. The third kappa shape index (κ3) is 2.50. The summed E-state index contributed by atoms with van der Waals surface area (Å²) in [5.74, 6) is -3.95. The molecule has 1 aromatic rings. The Hall–Kier alpha value is -1.42. The maximum atomic E-state index is 13.5. The number of hydrogen-bond acceptors (Lipinski definition) is 3. The lowest BCUT2D eigenvalue weighted by atomic mass is 10.1. The van der Waals surface area contributed by atoms with Gasteiger partial charge in [-0.15, -0.1) is 4.89 Å². The van der Waals surface area contributed by atoms with Gasteiger partial charge in [-0.2, -0.15) is 13.2 Å². The van der Waals surface area contributed by atoms with E-state index < -0.39 is 34.4 Å². The van der Waals surface area contributed by atoms with E-state index in [1.54, 1.807) is 0 Å². The number of carbonyl (C=O) groups is 1. The third-order valence-electron chi connectivity index (χ3n) is 2.16. The Morgan fingerprint density at radius 3 is 2.63 bits per heavy atom. The fourth-order valence-electron chi connectivity index (χ4n) is 1.33. The van der Waals surface area contributed by atoms with Crippen molar-refractivity contribution in [3.63, 3.8) is 0 Å². The number of anilines is 1. The first-order valence-electron chi connectivity index (χ1n) is 4.59. The van der Waals surface area contributed by atoms with Gasteiger partial charge in [-0.3, -0.25) is 4.79 Å². The monoisotopic (exact) mass is 347 g/mol. The van der Waals surface area contributed by atoms with E-state index in [9.17, 15) is 26.7 Å². The molecule has 1 amide bonds. The summed E-state index contributed by atoms with van der Waals surface area (Å²) in [5.41, 5.74) is -1.20. The number of rotatable bonds is 1. The van der Waals surface area contributed by atoms with Gasteiger partial charge in [0.2, 0.25) is 0 Å². The van der Waals surface area contributed by atoms with Crippen LogP contribution in [0.5, 0.6) is 5.75 Å². The van der Waals surface area contributed by atoms with E-state index in [1.165, 1.54) is 5.32 Å². The van der Waals surface area contributed by atoms with Gasteiger partial charge in [-0.05, 0) is 15.9 Å². The van der Waals surface area contributed by atoms with Crippen LogP contribution in [-0.2, 0) is 9.68 Å². The standard InChI is InChI=1S/C9H3BrF5NO3/c10-5-4-3(18-19-7(4)12)1-2(11)6(5)16-8(17)9(13,14)15/h1,7H,(H,16,17). The maximum Gasteiger partial charge on any atom is 0.471 e. The highest BCUT2D eigenvalue weighted by Gasteiger charge is 2.40. The van der Waals surface area contributed by atoms with Crippen LogP contribution in [-0.4, -0.2) is 12.1 Å². The highest BCUT2D eigenvalue weighted by Crippen LogP contribution is 2.45. The number of halogens is 6. The zero-order valence-corrected chi connectivity index (χ0v) is 10.2. The van der Waals surface area contributed by atoms with Gasteiger partial charge < -0.3 is 10.2 Å². The molecule has 2 rings (SSSR count). The maximum absolute atomic E-state index is 13.5. The first kappa shape index (κ1) is 14.0. The zero-order valence-electron chi connectivity index (χ0n) is 8.65. The van der Waals surface area contributed by atoms with E-state index in [1.807, 2.05) is 0 Å². The molecule has 1 aliphatic rings. The molecule has 1 aliphatic heterocycles. The molecule has 1 aromatic carbocycles. The van der Waals surface area contributed by atoms with Crippen LogP contribution in [0.3, 0.4) is 0 Å². The third-order valence-corrected chi connectivity index (χ3v) is 2.99. The number of benzene rings is 1. The quantitative estimate of drug-likeness (QED) is 0.625. The van der Waals surface area contributed by atoms with Gasteiger partial charge in [0.15, 0.2) is 11.6 Å². The summed E-state index contributed by atoms with van der Waals surface area (Å²) in [6.07, 6.45) is -7.31. The first-order chi connectivity index (χ1) is 8.71. The minimum absolute atomic E-state index is 0.332. The van der Waals surface area contributed by atoms with Crippen molar-refractivity contribution in [2.45, 2.75) is 12.5 Å². The van der Waals surface area contributed by atoms with Gasteiger partial charge in [0.25, 0.3) is 6.36 Å². The average molecular weight is 348 g/mol. The summed E-state index contributed by atoms with van der Waals surface area (Å²) in [4.78, 5) is 19.1. The van der Waals surface area contributed by atoms with E-state index >= 15 is 0 Å². The molecule has 1 heterocycles. The highest BCUT2D eigenvalue weighted by molar-refractivity contribution is 9.10. The zero-order chi connectivity index (χ0) is 14.4. The SMILES string of the molecule is O=C(Nc1c(F)cc2c(c1Br)C(F)OO2)C(F)(F)F. The lowest BCUT2D eigenvalue weighted by Crippen LogP contribution is -2.30. The molecule has 1 atom stereocenters. The number of fused-ring (bicyclic) bond motifs is 1. The van der Waals surface area contributed by atoms with Gasteiger partial charge in [0, 0.05) is 6.07 Å². The largest absolute Gasteiger partial charge is 0.471 e. The van der Waals surface area contributed by atoms with Crippen molar-refractivity contribution in [1.29, 1.82) is 0 Å². The molecule has 4 nitrogen and oxygen atoms in total. The van der Waals surface area contributed by atoms with Gasteiger partial charge in [0.05, 0.1) is 15.7 Å². The number of nitrogens with one attached hydrogen (secondary N) is 1. The molecule has 0 aliphatic carbocycles. The highest BCUT2D eigenvalue weighted by atomic mass is 79.9. The second-order valence-electron chi connectivity index (χ2n) is 3.41. The molecule has 104 valence electrons. The van der Waals surface area contributed by atoms with Crippen LogP contribution in [0, 0.1) is 5.82 Å². The lowest BCUT2D eigenvalue weighted by molar-refractivity contribution is -0.260. The predicted octanol–water partition coefficient (Wildman–Crippen LogP) is 3.38. The molecular weight excluding hydrogens is 345 g/mol. The van der Waals surface area contributed by atoms with Crippen molar-refractivity contribution < 1.29 is 36.5 Å². The Morgan fingerprint density at radius 2 is 2.05 bits per heavy atom. The molecule has 1 unspecified atom stereocenters. The predicted molar refractivity (Wildman–Crippen MR) is 54.3 cm³/mol. The smallest absolute Gasteiger partial charge is 0.334 e. The molecule has 0 saturated heterocycles. The normalized spacial score (nSPS) is 17.9. The Balaban J connectivity index is 2.43. The minimum Gasteiger partial charge on any atom is -0.334 e. The van der Waals surface area contributed by atoms with Crippen LogP contribution in [0.1, 0.15) is 11.9 Å². The minimum atomic E-state index is -5.20. The van der Waals surface area contributed by atoms with Crippen molar-refractivity contribution in [3.8, 4) is 5.75 Å². The Bertz CT molecular complexity index is 548. The van der Waals surface area contributed by atoms with Crippen molar-refractivity contribution in [3.05, 3.63) is 21.9 Å². The summed E-state index contributed by atoms with van der Waals surface area (Å²) in [6, 6.07) is 0.603. The summed E-state index contributed by atoms with van der Waals surface area (Å²) in [5, 5.41) is 1.31. The number of amides is 1. The van der Waals surface area contributed by atoms with Crippen molar-refractivity contribution in [2.75, 3.05) is 5.32 Å². The molecule has 1 N–H and O–H groups in total. The molecule has 19 heavy (non-hydrogen) atoms. The van der Waals surface area contributed by atoms with Crippen LogP contribution >= 0.6 is 15.9 Å². The van der Waals surface area contributed by atoms with E-state index in [2.05, 4.69) is 25.7 Å². The Kier molecular flexibility index (Phi) is 3.39. The summed E-state index contributed by atoms with van der Waals surface area (Å²) < 4.78 is 62.5. The van der Waals surface area contributed by atoms with Crippen LogP contribution < -0.4 is 10.2 Å². The molecule has 0 spiro atoms. The van der Waals surface area contributed by atoms with E-state index in [0.717, 1.165) is 0 Å². The summed E-state index contributed by atoms with van der Waals surface area (Å²) in [7, 11) is 0. The van der Waals surface area contributed by atoms with Gasteiger partial charge in [-0.1, -0.05) is 0 Å². The molecular formula is C9H3BrF5NO3. The second kappa shape index (κ2) is 4.60. The van der Waals surface area contributed by atoms with Crippen molar-refractivity contribution in [2.24, 2.45) is 0 Å². The van der Waals surface area contributed by atoms with Crippen molar-refractivity contribution in [1.82, 2.24) is 0 Å². The topological polar surface area (TPSA) is 47.6 Å². The Morgan fingerprint density at radius 1 is 1.42 bits per heavy atom. The average Bonchev–Trinajstić information content (AvgIpc) is 2.64. The van der Waals surface area contributed by atoms with E-state index in [0.29, 0.717) is 6.07 Å². The summed E-state index contributed by atoms with van der Waals surface area (Å²) in [6.45, 7) is 0. The van der Waals surface area contributed by atoms with E-state index in [-0.39, 0.29) is 11.3 Å². The second-order valence-corrected chi connectivity index (χ2v) is 4.20. The molecule has 0 saturated carbocycles. The van der Waals surface area contributed by atoms with Crippen LogP contribution in [0.2, 0.25) is 0 Å². The van der Waals surface area contributed by atoms with E-state index in [4.69, 9.17) is 0 Å². The van der Waals surface area contributed by atoms with Gasteiger partial charge in [-0.25, -0.2) is 8.78 Å². The van der Waals surface area contributed by atoms with Crippen LogP contribution in [0.15, 0.2) is 10.5 Å². The fraction of sp³-hybridized carbons (Fsp3) is 0.222. The van der Waals surface area contributed by atoms with Gasteiger partial charge in [0.1, 0.15) is 0 Å². The van der Waals surface area contributed by atoms with Crippen molar-refractivity contribution >= 4 is 27.5 Å². The fourth-order valence-corrected chi connectivity index (χ4v) is 2.00. The molecule has 10 heteroatoms.